The molecular weight excluding hydrogens is 406 g/mol. The zero-order valence-electron chi connectivity index (χ0n) is 18.5. The molecule has 1 amide bonds. The highest BCUT2D eigenvalue weighted by Gasteiger charge is 2.43. The van der Waals surface area contributed by atoms with E-state index in [0.29, 0.717) is 13.0 Å². The van der Waals surface area contributed by atoms with E-state index in [2.05, 4.69) is 0 Å². The predicted octanol–water partition coefficient (Wildman–Crippen LogP) is 4.25. The number of carbonyl (C=O) groups is 3. The van der Waals surface area contributed by atoms with Gasteiger partial charge in [0, 0.05) is 16.7 Å². The first kappa shape index (κ1) is 24.1. The highest BCUT2D eigenvalue weighted by atomic mass is 32.2. The topological polar surface area (TPSA) is 82.1 Å². The standard InChI is InChI=1S/C22H31NO6S/c1-21(2,3)19(25)28-14-27-18(24)17-12-16(30-15-10-8-7-9-11-15)13-23(17)20(26)29-22(4,5)6/h7-11,16-17H,12-14H2,1-6H3/t16-,17-/m0/s1. The van der Waals surface area contributed by atoms with Crippen LogP contribution in [0.25, 0.3) is 0 Å². The molecule has 0 saturated carbocycles. The third-order valence-electron chi connectivity index (χ3n) is 4.21. The Morgan fingerprint density at radius 3 is 2.23 bits per heavy atom. The number of hydrogen-bond donors (Lipinski definition) is 0. The summed E-state index contributed by atoms with van der Waals surface area (Å²) in [6.45, 7) is 10.3. The summed E-state index contributed by atoms with van der Waals surface area (Å²) in [7, 11) is 0. The van der Waals surface area contributed by atoms with Crippen LogP contribution in [0.1, 0.15) is 48.0 Å². The molecule has 0 bridgehead atoms. The SMILES string of the molecule is CC(C)(C)OC(=O)N1C[C@@H](Sc2ccccc2)C[C@H]1C(=O)OCOC(=O)C(C)(C)C. The van der Waals surface area contributed by atoms with E-state index in [1.54, 1.807) is 53.3 Å². The van der Waals surface area contributed by atoms with E-state index >= 15 is 0 Å². The van der Waals surface area contributed by atoms with Crippen molar-refractivity contribution in [1.29, 1.82) is 0 Å². The molecule has 2 rings (SSSR count). The Kier molecular flexibility index (Phi) is 7.80. The van der Waals surface area contributed by atoms with Crippen molar-refractivity contribution >= 4 is 29.8 Å². The van der Waals surface area contributed by atoms with Gasteiger partial charge in [0.1, 0.15) is 11.6 Å². The molecule has 7 nitrogen and oxygen atoms in total. The molecule has 0 spiro atoms. The van der Waals surface area contributed by atoms with Crippen LogP contribution in [-0.4, -0.2) is 53.2 Å². The van der Waals surface area contributed by atoms with E-state index in [-0.39, 0.29) is 5.25 Å². The molecule has 1 aliphatic heterocycles. The maximum absolute atomic E-state index is 12.7. The van der Waals surface area contributed by atoms with Gasteiger partial charge in [-0.25, -0.2) is 9.59 Å². The minimum Gasteiger partial charge on any atom is -0.444 e. The van der Waals surface area contributed by atoms with Gasteiger partial charge >= 0.3 is 18.0 Å². The molecule has 1 aromatic carbocycles. The maximum Gasteiger partial charge on any atom is 0.411 e. The fraction of sp³-hybridized carbons (Fsp3) is 0.591. The molecule has 0 unspecified atom stereocenters. The van der Waals surface area contributed by atoms with E-state index in [0.717, 1.165) is 4.90 Å². The number of amides is 1. The Morgan fingerprint density at radius 2 is 1.67 bits per heavy atom. The summed E-state index contributed by atoms with van der Waals surface area (Å²) < 4.78 is 15.6. The van der Waals surface area contributed by atoms with Gasteiger partial charge in [-0.3, -0.25) is 9.69 Å². The fourth-order valence-corrected chi connectivity index (χ4v) is 3.99. The molecule has 8 heteroatoms. The number of esters is 2. The highest BCUT2D eigenvalue weighted by molar-refractivity contribution is 8.00. The minimum absolute atomic E-state index is 0.00888. The second-order valence-electron chi connectivity index (χ2n) is 9.20. The Balaban J connectivity index is 2.04. The summed E-state index contributed by atoms with van der Waals surface area (Å²) in [5.41, 5.74) is -1.38. The summed E-state index contributed by atoms with van der Waals surface area (Å²) in [4.78, 5) is 39.7. The normalized spacial score (nSPS) is 19.3. The van der Waals surface area contributed by atoms with E-state index in [1.165, 1.54) is 4.90 Å². The van der Waals surface area contributed by atoms with Crippen LogP contribution in [0, 0.1) is 5.41 Å². The molecule has 0 N–H and O–H groups in total. The van der Waals surface area contributed by atoms with E-state index in [1.807, 2.05) is 30.3 Å². The quantitative estimate of drug-likeness (QED) is 0.503. The van der Waals surface area contributed by atoms with Gasteiger partial charge in [-0.15, -0.1) is 11.8 Å². The van der Waals surface area contributed by atoms with Crippen LogP contribution in [0.3, 0.4) is 0 Å². The molecule has 0 aliphatic carbocycles. The summed E-state index contributed by atoms with van der Waals surface area (Å²) in [6.07, 6.45) is -0.141. The van der Waals surface area contributed by atoms with Crippen LogP contribution in [0.15, 0.2) is 35.2 Å². The largest absolute Gasteiger partial charge is 0.444 e. The van der Waals surface area contributed by atoms with E-state index < -0.39 is 41.9 Å². The monoisotopic (exact) mass is 437 g/mol. The number of benzene rings is 1. The van der Waals surface area contributed by atoms with Gasteiger partial charge in [0.15, 0.2) is 0 Å². The van der Waals surface area contributed by atoms with Crippen LogP contribution in [0.2, 0.25) is 0 Å². The second kappa shape index (κ2) is 9.73. The van der Waals surface area contributed by atoms with Crippen molar-refractivity contribution in [3.8, 4) is 0 Å². The lowest BCUT2D eigenvalue weighted by Gasteiger charge is -2.27. The third kappa shape index (κ3) is 7.23. The maximum atomic E-state index is 12.7. The average molecular weight is 438 g/mol. The summed E-state index contributed by atoms with van der Waals surface area (Å²) in [5, 5.41) is 0.00888. The minimum atomic E-state index is -0.797. The molecule has 1 heterocycles. The highest BCUT2D eigenvalue weighted by Crippen LogP contribution is 2.34. The number of carbonyl (C=O) groups excluding carboxylic acids is 3. The first-order valence-corrected chi connectivity index (χ1v) is 10.8. The Hall–Kier alpha value is -2.22. The number of nitrogens with zero attached hydrogens (tertiary/aromatic N) is 1. The van der Waals surface area contributed by atoms with Crippen molar-refractivity contribution in [2.75, 3.05) is 13.3 Å². The predicted molar refractivity (Wildman–Crippen MR) is 114 cm³/mol. The third-order valence-corrected chi connectivity index (χ3v) is 5.43. The van der Waals surface area contributed by atoms with Crippen LogP contribution < -0.4 is 0 Å². The number of hydrogen-bond acceptors (Lipinski definition) is 7. The molecule has 1 aromatic rings. The van der Waals surface area contributed by atoms with Crippen LogP contribution in [0.5, 0.6) is 0 Å². The lowest BCUT2D eigenvalue weighted by atomic mass is 9.98. The first-order chi connectivity index (χ1) is 13.9. The van der Waals surface area contributed by atoms with Gasteiger partial charge in [0.05, 0.1) is 5.41 Å². The van der Waals surface area contributed by atoms with Gasteiger partial charge < -0.3 is 14.2 Å². The summed E-state index contributed by atoms with van der Waals surface area (Å²) in [6, 6.07) is 9.00. The zero-order chi connectivity index (χ0) is 22.5. The molecule has 1 aliphatic rings. The lowest BCUT2D eigenvalue weighted by molar-refractivity contribution is -0.175. The van der Waals surface area contributed by atoms with Gasteiger partial charge in [0.25, 0.3) is 0 Å². The smallest absolute Gasteiger partial charge is 0.411 e. The van der Waals surface area contributed by atoms with E-state index in [4.69, 9.17) is 14.2 Å². The molecular formula is C22H31NO6S. The van der Waals surface area contributed by atoms with Crippen molar-refractivity contribution in [2.24, 2.45) is 5.41 Å². The molecule has 166 valence electrons. The van der Waals surface area contributed by atoms with Crippen molar-refractivity contribution in [1.82, 2.24) is 4.90 Å². The van der Waals surface area contributed by atoms with Crippen LogP contribution in [0.4, 0.5) is 4.79 Å². The Bertz CT molecular complexity index is 753. The van der Waals surface area contributed by atoms with E-state index in [9.17, 15) is 14.4 Å². The van der Waals surface area contributed by atoms with Crippen molar-refractivity contribution in [3.63, 3.8) is 0 Å². The van der Waals surface area contributed by atoms with Crippen LogP contribution in [-0.2, 0) is 23.8 Å². The first-order valence-electron chi connectivity index (χ1n) is 9.92. The molecule has 0 aromatic heterocycles. The second-order valence-corrected chi connectivity index (χ2v) is 10.6. The summed E-state index contributed by atoms with van der Waals surface area (Å²) in [5.74, 6) is -1.08. The van der Waals surface area contributed by atoms with Crippen molar-refractivity contribution < 1.29 is 28.6 Å². The van der Waals surface area contributed by atoms with Gasteiger partial charge in [-0.1, -0.05) is 18.2 Å². The molecule has 2 atom stereocenters. The van der Waals surface area contributed by atoms with Crippen molar-refractivity contribution in [3.05, 3.63) is 30.3 Å². The zero-order valence-corrected chi connectivity index (χ0v) is 19.3. The van der Waals surface area contributed by atoms with Gasteiger partial charge in [-0.05, 0) is 60.1 Å². The van der Waals surface area contributed by atoms with Crippen LogP contribution >= 0.6 is 11.8 Å². The number of likely N-dealkylation sites (tertiary alicyclic amines) is 1. The van der Waals surface area contributed by atoms with Crippen molar-refractivity contribution in [2.45, 2.75) is 69.8 Å². The molecule has 0 radical (unpaired) electrons. The molecule has 1 saturated heterocycles. The number of rotatable bonds is 5. The molecule has 1 fully saturated rings. The fourth-order valence-electron chi connectivity index (χ4n) is 2.77. The average Bonchev–Trinajstić information content (AvgIpc) is 3.04. The number of ether oxygens (including phenoxy) is 3. The Morgan fingerprint density at radius 1 is 1.03 bits per heavy atom. The number of thioether (sulfide) groups is 1. The van der Waals surface area contributed by atoms with Gasteiger partial charge in [-0.2, -0.15) is 0 Å². The lowest BCUT2D eigenvalue weighted by Crippen LogP contribution is -2.44. The van der Waals surface area contributed by atoms with Gasteiger partial charge in [0.2, 0.25) is 6.79 Å². The molecule has 30 heavy (non-hydrogen) atoms. The Labute approximate surface area is 182 Å². The summed E-state index contributed by atoms with van der Waals surface area (Å²) >= 11 is 1.60.